The molecule has 1 N–H and O–H groups in total. The number of anilines is 1. The van der Waals surface area contributed by atoms with Crippen molar-refractivity contribution < 1.29 is 17.6 Å². The summed E-state index contributed by atoms with van der Waals surface area (Å²) in [7, 11) is -3.10. The van der Waals surface area contributed by atoms with Crippen molar-refractivity contribution in [3.8, 4) is 0 Å². The Morgan fingerprint density at radius 1 is 1.19 bits per heavy atom. The lowest BCUT2D eigenvalue weighted by molar-refractivity contribution is 0.0315. The Labute approximate surface area is 151 Å². The molecular weight excluding hydrogens is 354 g/mol. The zero-order valence-electron chi connectivity index (χ0n) is 14.6. The van der Waals surface area contributed by atoms with E-state index in [1.807, 2.05) is 24.3 Å². The number of hydrogen-bond donors (Lipinski definition) is 1. The summed E-state index contributed by atoms with van der Waals surface area (Å²) in [4.78, 5) is 8.66. The number of rotatable bonds is 5. The molecule has 0 spiro atoms. The van der Waals surface area contributed by atoms with Gasteiger partial charge in [0.2, 0.25) is 0 Å². The first kappa shape index (κ1) is 17.2. The fraction of sp³-hybridized carbons (Fsp3) is 0.444. The van der Waals surface area contributed by atoms with Gasteiger partial charge in [0.25, 0.3) is 0 Å². The molecule has 1 aliphatic heterocycles. The largest absolute Gasteiger partial charge is 0.450 e. The highest BCUT2D eigenvalue weighted by molar-refractivity contribution is 7.90. The molecule has 0 atom stereocenters. The van der Waals surface area contributed by atoms with E-state index in [-0.39, 0.29) is 11.2 Å². The van der Waals surface area contributed by atoms with Gasteiger partial charge in [0, 0.05) is 36.8 Å². The maximum Gasteiger partial charge on any atom is 0.196 e. The maximum atomic E-state index is 11.9. The second-order valence-electron chi connectivity index (χ2n) is 7.03. The van der Waals surface area contributed by atoms with E-state index in [1.165, 1.54) is 12.6 Å². The third-order valence-corrected chi connectivity index (χ3v) is 6.05. The van der Waals surface area contributed by atoms with Gasteiger partial charge in [-0.2, -0.15) is 0 Å². The lowest BCUT2D eigenvalue weighted by Gasteiger charge is -2.36. The summed E-state index contributed by atoms with van der Waals surface area (Å²) in [5, 5.41) is 4.25. The molecule has 8 heteroatoms. The molecule has 0 amide bonds. The van der Waals surface area contributed by atoms with Gasteiger partial charge < -0.3 is 14.5 Å². The van der Waals surface area contributed by atoms with Crippen molar-refractivity contribution in [3.63, 3.8) is 0 Å². The summed E-state index contributed by atoms with van der Waals surface area (Å²) in [5.74, 6) is 0.718. The van der Waals surface area contributed by atoms with E-state index in [9.17, 15) is 8.42 Å². The van der Waals surface area contributed by atoms with Crippen LogP contribution < -0.4 is 5.32 Å². The maximum absolute atomic E-state index is 11.9. The Balaban J connectivity index is 1.66. The van der Waals surface area contributed by atoms with Crippen LogP contribution in [0, 0.1) is 5.41 Å². The number of para-hydroxylation sites is 1. The summed E-state index contributed by atoms with van der Waals surface area (Å²) >= 11 is 0. The minimum absolute atomic E-state index is 0.130. The summed E-state index contributed by atoms with van der Waals surface area (Å²) in [6.07, 6.45) is 4.18. The first-order valence-electron chi connectivity index (χ1n) is 8.57. The molecule has 1 aliphatic rings. The van der Waals surface area contributed by atoms with Crippen LogP contribution in [0.15, 0.2) is 35.0 Å². The van der Waals surface area contributed by atoms with Crippen molar-refractivity contribution >= 4 is 37.7 Å². The lowest BCUT2D eigenvalue weighted by Crippen LogP contribution is -2.41. The van der Waals surface area contributed by atoms with Crippen LogP contribution in [0.4, 0.5) is 5.82 Å². The van der Waals surface area contributed by atoms with Crippen molar-refractivity contribution in [2.24, 2.45) is 5.41 Å². The Morgan fingerprint density at radius 2 is 1.96 bits per heavy atom. The second kappa shape index (κ2) is 6.51. The summed E-state index contributed by atoms with van der Waals surface area (Å²) in [6.45, 7) is 1.63. The number of furan rings is 1. The lowest BCUT2D eigenvalue weighted by atomic mass is 9.82. The fourth-order valence-corrected chi connectivity index (χ4v) is 5.16. The van der Waals surface area contributed by atoms with Crippen LogP contribution in [0.1, 0.15) is 12.8 Å². The molecule has 1 aromatic carbocycles. The number of fused-ring (bicyclic) bond motifs is 3. The van der Waals surface area contributed by atoms with Gasteiger partial charge in [0.1, 0.15) is 27.3 Å². The van der Waals surface area contributed by atoms with Gasteiger partial charge >= 0.3 is 0 Å². The molecule has 0 unspecified atom stereocenters. The number of hydrogen-bond acceptors (Lipinski definition) is 7. The SMILES string of the molecule is CS(=O)(=O)CC1(CNc2ncnc3c2oc2ccccc23)CCOCC1. The Morgan fingerprint density at radius 3 is 2.73 bits per heavy atom. The van der Waals surface area contributed by atoms with Crippen molar-refractivity contribution in [1.29, 1.82) is 0 Å². The molecule has 138 valence electrons. The summed E-state index contributed by atoms with van der Waals surface area (Å²) in [5.41, 5.74) is 1.73. The van der Waals surface area contributed by atoms with Crippen molar-refractivity contribution in [2.45, 2.75) is 12.8 Å². The van der Waals surface area contributed by atoms with Gasteiger partial charge in [-0.1, -0.05) is 12.1 Å². The smallest absolute Gasteiger partial charge is 0.196 e. The first-order chi connectivity index (χ1) is 12.5. The van der Waals surface area contributed by atoms with E-state index < -0.39 is 9.84 Å². The molecule has 0 aliphatic carbocycles. The van der Waals surface area contributed by atoms with Crippen LogP contribution in [0.2, 0.25) is 0 Å². The first-order valence-corrected chi connectivity index (χ1v) is 10.6. The van der Waals surface area contributed by atoms with E-state index in [1.54, 1.807) is 0 Å². The average Bonchev–Trinajstić information content (AvgIpc) is 2.99. The Bertz CT molecular complexity index is 1040. The van der Waals surface area contributed by atoms with Crippen molar-refractivity contribution in [2.75, 3.05) is 37.1 Å². The molecular formula is C18H21N3O4S. The van der Waals surface area contributed by atoms with E-state index in [4.69, 9.17) is 9.15 Å². The number of nitrogens with zero attached hydrogens (tertiary/aromatic N) is 2. The van der Waals surface area contributed by atoms with Gasteiger partial charge in [-0.3, -0.25) is 0 Å². The van der Waals surface area contributed by atoms with Crippen molar-refractivity contribution in [3.05, 3.63) is 30.6 Å². The molecule has 0 bridgehead atoms. The predicted octanol–water partition coefficient (Wildman–Crippen LogP) is 2.63. The Hall–Kier alpha value is -2.19. The van der Waals surface area contributed by atoms with Gasteiger partial charge in [-0.15, -0.1) is 0 Å². The van der Waals surface area contributed by atoms with Crippen LogP contribution in [0.3, 0.4) is 0 Å². The van der Waals surface area contributed by atoms with E-state index in [2.05, 4.69) is 15.3 Å². The number of benzene rings is 1. The molecule has 3 heterocycles. The highest BCUT2D eigenvalue weighted by atomic mass is 32.2. The van der Waals surface area contributed by atoms with Crippen LogP contribution >= 0.6 is 0 Å². The monoisotopic (exact) mass is 375 g/mol. The van der Waals surface area contributed by atoms with Crippen LogP contribution in [0.5, 0.6) is 0 Å². The average molecular weight is 375 g/mol. The van der Waals surface area contributed by atoms with Gasteiger partial charge in [-0.25, -0.2) is 18.4 Å². The van der Waals surface area contributed by atoms with E-state index in [0.29, 0.717) is 44.0 Å². The van der Waals surface area contributed by atoms with Crippen LogP contribution in [-0.4, -0.2) is 50.2 Å². The normalized spacial score (nSPS) is 17.6. The minimum Gasteiger partial charge on any atom is -0.450 e. The summed E-state index contributed by atoms with van der Waals surface area (Å²) < 4.78 is 35.2. The molecule has 4 rings (SSSR count). The Kier molecular flexibility index (Phi) is 4.32. The molecule has 0 radical (unpaired) electrons. The number of sulfone groups is 1. The molecule has 7 nitrogen and oxygen atoms in total. The fourth-order valence-electron chi connectivity index (χ4n) is 3.65. The highest BCUT2D eigenvalue weighted by Gasteiger charge is 2.36. The molecule has 1 fully saturated rings. The number of ether oxygens (including phenoxy) is 1. The quantitative estimate of drug-likeness (QED) is 0.732. The van der Waals surface area contributed by atoms with Gasteiger partial charge in [0.15, 0.2) is 11.4 Å². The van der Waals surface area contributed by atoms with Gasteiger partial charge in [0.05, 0.1) is 5.75 Å². The summed E-state index contributed by atoms with van der Waals surface area (Å²) in [6, 6.07) is 7.70. The zero-order chi connectivity index (χ0) is 18.2. The molecule has 0 saturated carbocycles. The third kappa shape index (κ3) is 3.39. The number of nitrogens with one attached hydrogen (secondary N) is 1. The molecule has 26 heavy (non-hydrogen) atoms. The van der Waals surface area contributed by atoms with E-state index >= 15 is 0 Å². The second-order valence-corrected chi connectivity index (χ2v) is 9.17. The predicted molar refractivity (Wildman–Crippen MR) is 100.0 cm³/mol. The minimum atomic E-state index is -3.10. The molecule has 3 aromatic rings. The highest BCUT2D eigenvalue weighted by Crippen LogP contribution is 2.34. The van der Waals surface area contributed by atoms with Crippen LogP contribution in [0.25, 0.3) is 22.1 Å². The molecule has 1 saturated heterocycles. The van der Waals surface area contributed by atoms with Gasteiger partial charge in [-0.05, 0) is 25.0 Å². The number of aromatic nitrogens is 2. The standard InChI is InChI=1S/C18H21N3O4S/c1-26(22,23)11-18(6-8-24-9-7-18)10-19-17-16-15(20-12-21-17)13-4-2-3-5-14(13)25-16/h2-5,12H,6-11H2,1H3,(H,19,20,21). The molecule has 2 aromatic heterocycles. The van der Waals surface area contributed by atoms with Crippen LogP contribution in [-0.2, 0) is 14.6 Å². The zero-order valence-corrected chi connectivity index (χ0v) is 15.4. The topological polar surface area (TPSA) is 94.3 Å². The van der Waals surface area contributed by atoms with Crippen molar-refractivity contribution in [1.82, 2.24) is 9.97 Å². The van der Waals surface area contributed by atoms with E-state index in [0.717, 1.165) is 16.5 Å². The third-order valence-electron chi connectivity index (χ3n) is 4.91.